The molecule has 1 aromatic heterocycles. The van der Waals surface area contributed by atoms with Crippen LogP contribution in [0.1, 0.15) is 12.8 Å². The molecule has 8 nitrogen and oxygen atoms in total. The molecular formula is C23H22Cl2N4O4. The van der Waals surface area contributed by atoms with E-state index in [0.29, 0.717) is 57.8 Å². The fraction of sp³-hybridized carbons (Fsp3) is 0.348. The van der Waals surface area contributed by atoms with Crippen LogP contribution in [0.25, 0.3) is 10.9 Å². The first-order valence-electron chi connectivity index (χ1n) is 10.6. The second kappa shape index (κ2) is 8.76. The van der Waals surface area contributed by atoms with Crippen molar-refractivity contribution in [1.29, 1.82) is 0 Å². The molecule has 3 aromatic rings. The van der Waals surface area contributed by atoms with Crippen LogP contribution >= 0.6 is 23.2 Å². The number of hydrogen-bond acceptors (Lipinski definition) is 6. The van der Waals surface area contributed by atoms with Gasteiger partial charge in [0.05, 0.1) is 28.8 Å². The molecule has 0 bridgehead atoms. The summed E-state index contributed by atoms with van der Waals surface area (Å²) in [4.78, 5) is 21.5. The van der Waals surface area contributed by atoms with E-state index in [0.717, 1.165) is 23.9 Å². The molecular weight excluding hydrogens is 467 g/mol. The van der Waals surface area contributed by atoms with Crippen LogP contribution in [0.15, 0.2) is 36.7 Å². The van der Waals surface area contributed by atoms with E-state index in [2.05, 4.69) is 15.3 Å². The van der Waals surface area contributed by atoms with Crippen LogP contribution in [-0.4, -0.2) is 52.4 Å². The Hall–Kier alpha value is -2.97. The van der Waals surface area contributed by atoms with Gasteiger partial charge in [0, 0.05) is 30.2 Å². The van der Waals surface area contributed by atoms with Crippen LogP contribution < -0.4 is 14.8 Å². The van der Waals surface area contributed by atoms with Gasteiger partial charge in [-0.3, -0.25) is 0 Å². The van der Waals surface area contributed by atoms with E-state index >= 15 is 0 Å². The van der Waals surface area contributed by atoms with Crippen molar-refractivity contribution in [3.63, 3.8) is 0 Å². The van der Waals surface area contributed by atoms with E-state index in [1.807, 2.05) is 18.2 Å². The molecule has 2 fully saturated rings. The summed E-state index contributed by atoms with van der Waals surface area (Å²) < 4.78 is 11.9. The number of methoxy groups -OCH3 is 1. The predicted molar refractivity (Wildman–Crippen MR) is 126 cm³/mol. The van der Waals surface area contributed by atoms with Crippen LogP contribution in [0.4, 0.5) is 16.3 Å². The summed E-state index contributed by atoms with van der Waals surface area (Å²) in [6.45, 7) is 1.15. The normalized spacial score (nSPS) is 21.8. The Kier molecular flexibility index (Phi) is 5.80. The van der Waals surface area contributed by atoms with Crippen LogP contribution in [0.5, 0.6) is 11.5 Å². The quantitative estimate of drug-likeness (QED) is 0.492. The maximum atomic E-state index is 11.2. The maximum Gasteiger partial charge on any atom is 0.407 e. The summed E-state index contributed by atoms with van der Waals surface area (Å²) in [5, 5.41) is 14.2. The Labute approximate surface area is 200 Å². The molecule has 1 saturated carbocycles. The van der Waals surface area contributed by atoms with E-state index < -0.39 is 6.09 Å². The molecule has 2 aromatic carbocycles. The van der Waals surface area contributed by atoms with E-state index in [9.17, 15) is 9.90 Å². The number of ether oxygens (including phenoxy) is 2. The Morgan fingerprint density at radius 3 is 2.52 bits per heavy atom. The number of nitrogens with zero attached hydrogens (tertiary/aromatic N) is 3. The lowest BCUT2D eigenvalue weighted by Crippen LogP contribution is -2.29. The van der Waals surface area contributed by atoms with Gasteiger partial charge in [0.25, 0.3) is 0 Å². The highest BCUT2D eigenvalue weighted by Crippen LogP contribution is 2.42. The number of carbonyl (C=O) groups is 1. The molecule has 0 radical (unpaired) electrons. The highest BCUT2D eigenvalue weighted by molar-refractivity contribution is 6.42. The number of amides is 1. The Bertz CT molecular complexity index is 1210. The number of rotatable bonds is 5. The minimum Gasteiger partial charge on any atom is -0.493 e. The van der Waals surface area contributed by atoms with Crippen molar-refractivity contribution in [2.45, 2.75) is 18.9 Å². The van der Waals surface area contributed by atoms with Crippen molar-refractivity contribution >= 4 is 51.7 Å². The summed E-state index contributed by atoms with van der Waals surface area (Å²) in [7, 11) is 1.60. The van der Waals surface area contributed by atoms with Gasteiger partial charge in [0.15, 0.2) is 11.5 Å². The van der Waals surface area contributed by atoms with Gasteiger partial charge in [-0.25, -0.2) is 14.8 Å². The minimum absolute atomic E-state index is 0.0120. The number of fused-ring (bicyclic) bond motifs is 2. The van der Waals surface area contributed by atoms with E-state index in [-0.39, 0.29) is 6.10 Å². The first-order chi connectivity index (χ1) is 15.9. The Morgan fingerprint density at radius 1 is 1.09 bits per heavy atom. The van der Waals surface area contributed by atoms with Gasteiger partial charge in [0.1, 0.15) is 12.1 Å². The van der Waals surface area contributed by atoms with Gasteiger partial charge in [-0.1, -0.05) is 23.2 Å². The third kappa shape index (κ3) is 4.32. The predicted octanol–water partition coefficient (Wildman–Crippen LogP) is 5.46. The summed E-state index contributed by atoms with van der Waals surface area (Å²) in [6, 6.07) is 8.98. The molecule has 1 aliphatic carbocycles. The fourth-order valence-corrected chi connectivity index (χ4v) is 5.10. The van der Waals surface area contributed by atoms with E-state index in [1.165, 1.54) is 11.2 Å². The Morgan fingerprint density at radius 2 is 1.85 bits per heavy atom. The molecule has 1 aliphatic heterocycles. The molecule has 10 heteroatoms. The largest absolute Gasteiger partial charge is 0.493 e. The lowest BCUT2D eigenvalue weighted by molar-refractivity contribution is 0.143. The number of aromatic nitrogens is 2. The number of anilines is 2. The van der Waals surface area contributed by atoms with Crippen LogP contribution in [0.3, 0.4) is 0 Å². The molecule has 2 aliphatic rings. The van der Waals surface area contributed by atoms with Crippen molar-refractivity contribution in [1.82, 2.24) is 14.9 Å². The molecule has 1 unspecified atom stereocenters. The number of halogens is 2. The summed E-state index contributed by atoms with van der Waals surface area (Å²) >= 11 is 12.1. The molecule has 0 spiro atoms. The standard InChI is InChI=1S/C23H22Cl2N4O4/c1-32-20-7-16-19(26-11-27-22(16)28-14-2-3-17(24)18(25)6-14)8-21(20)33-15-4-12-9-29(23(30)31)10-13(12)5-15/h2-3,6-8,11-13,15H,4-5,9-10H2,1H3,(H,30,31)(H,26,27,28)/t12-,13+,15?. The fourth-order valence-electron chi connectivity index (χ4n) is 4.80. The van der Waals surface area contributed by atoms with Gasteiger partial charge in [0.2, 0.25) is 0 Å². The topological polar surface area (TPSA) is 96.8 Å². The third-order valence-electron chi connectivity index (χ3n) is 6.37. The lowest BCUT2D eigenvalue weighted by Gasteiger charge is -2.20. The van der Waals surface area contributed by atoms with Gasteiger partial charge >= 0.3 is 6.09 Å². The zero-order valence-corrected chi connectivity index (χ0v) is 19.3. The summed E-state index contributed by atoms with van der Waals surface area (Å²) in [5.74, 6) is 2.47. The number of carboxylic acid groups (broad SMARTS) is 1. The molecule has 1 amide bonds. The molecule has 2 N–H and O–H groups in total. The van der Waals surface area contributed by atoms with Crippen LogP contribution in [-0.2, 0) is 0 Å². The number of hydrogen-bond donors (Lipinski definition) is 2. The van der Waals surface area contributed by atoms with Crippen molar-refractivity contribution in [2.75, 3.05) is 25.5 Å². The zero-order chi connectivity index (χ0) is 23.1. The second-order valence-electron chi connectivity index (χ2n) is 8.42. The van der Waals surface area contributed by atoms with Gasteiger partial charge in [-0.15, -0.1) is 0 Å². The SMILES string of the molecule is COc1cc2c(Nc3ccc(Cl)c(Cl)c3)ncnc2cc1OC1C[C@@H]2CN(C(=O)O)C[C@@H]2C1. The van der Waals surface area contributed by atoms with Crippen molar-refractivity contribution in [3.8, 4) is 11.5 Å². The summed E-state index contributed by atoms with van der Waals surface area (Å²) in [5.41, 5.74) is 1.45. The first-order valence-corrected chi connectivity index (χ1v) is 11.4. The van der Waals surface area contributed by atoms with Gasteiger partial charge in [-0.05, 0) is 48.9 Å². The molecule has 5 rings (SSSR count). The molecule has 172 valence electrons. The average Bonchev–Trinajstić information content (AvgIpc) is 3.35. The first kappa shape index (κ1) is 21.9. The number of benzene rings is 2. The van der Waals surface area contributed by atoms with Crippen molar-refractivity contribution in [3.05, 3.63) is 46.7 Å². The third-order valence-corrected chi connectivity index (χ3v) is 7.11. The minimum atomic E-state index is -0.844. The maximum absolute atomic E-state index is 11.2. The van der Waals surface area contributed by atoms with Crippen molar-refractivity contribution < 1.29 is 19.4 Å². The monoisotopic (exact) mass is 488 g/mol. The van der Waals surface area contributed by atoms with E-state index in [4.69, 9.17) is 32.7 Å². The Balaban J connectivity index is 1.37. The van der Waals surface area contributed by atoms with Crippen LogP contribution in [0.2, 0.25) is 10.0 Å². The molecule has 33 heavy (non-hydrogen) atoms. The molecule has 2 heterocycles. The number of likely N-dealkylation sites (tertiary alicyclic amines) is 1. The highest BCUT2D eigenvalue weighted by atomic mass is 35.5. The highest BCUT2D eigenvalue weighted by Gasteiger charge is 2.43. The van der Waals surface area contributed by atoms with E-state index in [1.54, 1.807) is 19.2 Å². The van der Waals surface area contributed by atoms with Gasteiger partial charge < -0.3 is 24.8 Å². The van der Waals surface area contributed by atoms with Gasteiger partial charge in [-0.2, -0.15) is 0 Å². The smallest absolute Gasteiger partial charge is 0.407 e. The van der Waals surface area contributed by atoms with Crippen molar-refractivity contribution in [2.24, 2.45) is 11.8 Å². The zero-order valence-electron chi connectivity index (χ0n) is 17.8. The second-order valence-corrected chi connectivity index (χ2v) is 9.23. The summed E-state index contributed by atoms with van der Waals surface area (Å²) in [6.07, 6.45) is 2.30. The average molecular weight is 489 g/mol. The molecule has 1 saturated heterocycles. The molecule has 3 atom stereocenters. The lowest BCUT2D eigenvalue weighted by atomic mass is 10.0. The number of nitrogens with one attached hydrogen (secondary N) is 1. The van der Waals surface area contributed by atoms with Crippen LogP contribution in [0, 0.1) is 11.8 Å².